The van der Waals surface area contributed by atoms with Crippen LogP contribution in [0.3, 0.4) is 0 Å². The molecule has 2 aromatic heterocycles. The number of carbonyl (C=O) groups is 2. The van der Waals surface area contributed by atoms with Gasteiger partial charge in [-0.2, -0.15) is 18.3 Å². The van der Waals surface area contributed by atoms with Gasteiger partial charge in [-0.05, 0) is 36.8 Å². The second kappa shape index (κ2) is 8.36. The van der Waals surface area contributed by atoms with Gasteiger partial charge >= 0.3 is 6.18 Å². The van der Waals surface area contributed by atoms with Gasteiger partial charge < -0.3 is 10.6 Å². The molecule has 0 aliphatic heterocycles. The van der Waals surface area contributed by atoms with Gasteiger partial charge in [0.25, 0.3) is 11.8 Å². The van der Waals surface area contributed by atoms with Crippen LogP contribution in [0.1, 0.15) is 37.5 Å². The van der Waals surface area contributed by atoms with Crippen LogP contribution < -0.4 is 10.6 Å². The summed E-state index contributed by atoms with van der Waals surface area (Å²) >= 11 is 0. The third-order valence-electron chi connectivity index (χ3n) is 4.42. The van der Waals surface area contributed by atoms with E-state index in [-0.39, 0.29) is 23.8 Å². The highest BCUT2D eigenvalue weighted by Gasteiger charge is 2.30. The van der Waals surface area contributed by atoms with Crippen LogP contribution >= 0.6 is 0 Å². The summed E-state index contributed by atoms with van der Waals surface area (Å²) in [5, 5.41) is 9.33. The Balaban J connectivity index is 1.73. The highest BCUT2D eigenvalue weighted by Crippen LogP contribution is 2.28. The number of amides is 2. The van der Waals surface area contributed by atoms with Gasteiger partial charge in [-0.3, -0.25) is 9.59 Å². The highest BCUT2D eigenvalue weighted by molar-refractivity contribution is 5.95. The third kappa shape index (κ3) is 4.48. The fourth-order valence-corrected chi connectivity index (χ4v) is 2.79. The Kier molecular flexibility index (Phi) is 5.86. The van der Waals surface area contributed by atoms with Crippen molar-refractivity contribution in [3.05, 3.63) is 76.7 Å². The van der Waals surface area contributed by atoms with Crippen LogP contribution in [-0.2, 0) is 12.7 Å². The van der Waals surface area contributed by atoms with Crippen LogP contribution in [0.4, 0.5) is 13.2 Å². The van der Waals surface area contributed by atoms with Gasteiger partial charge in [0.05, 0.1) is 23.0 Å². The molecule has 30 heavy (non-hydrogen) atoms. The molecule has 0 spiro atoms. The lowest BCUT2D eigenvalue weighted by molar-refractivity contribution is -0.137. The van der Waals surface area contributed by atoms with Crippen LogP contribution in [0, 0.1) is 6.92 Å². The number of alkyl halides is 3. The van der Waals surface area contributed by atoms with Crippen LogP contribution in [0.2, 0.25) is 0 Å². The molecule has 0 aliphatic rings. The summed E-state index contributed by atoms with van der Waals surface area (Å²) in [6.07, 6.45) is -2.44. The quantitative estimate of drug-likeness (QED) is 0.668. The van der Waals surface area contributed by atoms with Gasteiger partial charge in [-0.25, -0.2) is 9.67 Å². The Labute approximate surface area is 169 Å². The largest absolute Gasteiger partial charge is 0.417 e. The molecular formula is C20H18F3N5O2. The molecule has 0 fully saturated rings. The van der Waals surface area contributed by atoms with Gasteiger partial charge in [0.2, 0.25) is 0 Å². The maximum atomic E-state index is 12.7. The predicted octanol–water partition coefficient (Wildman–Crippen LogP) is 2.88. The molecule has 10 heteroatoms. The Bertz CT molecular complexity index is 1070. The molecule has 1 aromatic carbocycles. The molecule has 3 aromatic rings. The molecule has 2 N–H and O–H groups in total. The Morgan fingerprint density at radius 2 is 1.87 bits per heavy atom. The first kappa shape index (κ1) is 21.0. The molecule has 0 aliphatic carbocycles. The molecule has 0 saturated heterocycles. The van der Waals surface area contributed by atoms with E-state index in [0.29, 0.717) is 11.3 Å². The van der Waals surface area contributed by atoms with Crippen molar-refractivity contribution >= 4 is 11.8 Å². The fraction of sp³-hybridized carbons (Fsp3) is 0.200. The average Bonchev–Trinajstić information content (AvgIpc) is 3.12. The first-order valence-corrected chi connectivity index (χ1v) is 8.88. The van der Waals surface area contributed by atoms with Crippen molar-refractivity contribution in [2.45, 2.75) is 19.6 Å². The van der Waals surface area contributed by atoms with E-state index in [0.717, 1.165) is 17.8 Å². The molecule has 2 amide bonds. The summed E-state index contributed by atoms with van der Waals surface area (Å²) in [6.45, 7) is 1.81. The minimum absolute atomic E-state index is 0.165. The number of rotatable bonds is 5. The van der Waals surface area contributed by atoms with Gasteiger partial charge in [0.15, 0.2) is 5.82 Å². The predicted molar refractivity (Wildman–Crippen MR) is 102 cm³/mol. The standard InChI is InChI=1S/C20H18F3N5O2/c1-12-16(11-27-28(12)17-7-6-15(10-25-17)20(21,22)23)19(30)26-9-13-4-3-5-14(8-13)18(29)24-2/h3-8,10-11H,9H2,1-2H3,(H,24,29)(H,26,30). The summed E-state index contributed by atoms with van der Waals surface area (Å²) < 4.78 is 39.4. The number of pyridine rings is 1. The monoisotopic (exact) mass is 417 g/mol. The van der Waals surface area contributed by atoms with Crippen molar-refractivity contribution in [1.82, 2.24) is 25.4 Å². The Morgan fingerprint density at radius 1 is 1.10 bits per heavy atom. The minimum atomic E-state index is -4.48. The van der Waals surface area contributed by atoms with Crippen molar-refractivity contribution in [3.8, 4) is 5.82 Å². The number of hydrogen-bond donors (Lipinski definition) is 2. The van der Waals surface area contributed by atoms with Crippen molar-refractivity contribution in [1.29, 1.82) is 0 Å². The third-order valence-corrected chi connectivity index (χ3v) is 4.42. The van der Waals surface area contributed by atoms with Gasteiger partial charge in [0, 0.05) is 25.4 Å². The highest BCUT2D eigenvalue weighted by atomic mass is 19.4. The molecule has 2 heterocycles. The van der Waals surface area contributed by atoms with Crippen LogP contribution in [0.25, 0.3) is 5.82 Å². The number of halogens is 3. The minimum Gasteiger partial charge on any atom is -0.355 e. The van der Waals surface area contributed by atoms with Crippen molar-refractivity contribution in [2.24, 2.45) is 0 Å². The number of benzene rings is 1. The molecule has 0 unspecified atom stereocenters. The maximum Gasteiger partial charge on any atom is 0.417 e. The average molecular weight is 417 g/mol. The van der Waals surface area contributed by atoms with E-state index >= 15 is 0 Å². The van der Waals surface area contributed by atoms with E-state index in [1.807, 2.05) is 0 Å². The molecular weight excluding hydrogens is 399 g/mol. The summed E-state index contributed by atoms with van der Waals surface area (Å²) in [6, 6.07) is 8.91. The smallest absolute Gasteiger partial charge is 0.355 e. The summed E-state index contributed by atoms with van der Waals surface area (Å²) in [5.41, 5.74) is 1.03. The zero-order valence-electron chi connectivity index (χ0n) is 16.1. The molecule has 3 rings (SSSR count). The first-order chi connectivity index (χ1) is 14.2. The van der Waals surface area contributed by atoms with E-state index in [9.17, 15) is 22.8 Å². The van der Waals surface area contributed by atoms with Crippen LogP contribution in [0.5, 0.6) is 0 Å². The first-order valence-electron chi connectivity index (χ1n) is 8.88. The van der Waals surface area contributed by atoms with E-state index in [1.54, 1.807) is 31.2 Å². The summed E-state index contributed by atoms with van der Waals surface area (Å²) in [4.78, 5) is 28.0. The zero-order valence-corrected chi connectivity index (χ0v) is 16.1. The van der Waals surface area contributed by atoms with Crippen LogP contribution in [0.15, 0.2) is 48.8 Å². The lowest BCUT2D eigenvalue weighted by Gasteiger charge is -2.09. The topological polar surface area (TPSA) is 88.9 Å². The second-order valence-corrected chi connectivity index (χ2v) is 6.42. The SMILES string of the molecule is CNC(=O)c1cccc(CNC(=O)c2cnn(-c3ccc(C(F)(F)F)cn3)c2C)c1. The normalized spacial score (nSPS) is 11.2. The fourth-order valence-electron chi connectivity index (χ4n) is 2.79. The Hall–Kier alpha value is -3.69. The van der Waals surface area contributed by atoms with E-state index in [2.05, 4.69) is 20.7 Å². The molecule has 0 saturated carbocycles. The number of nitrogens with one attached hydrogen (secondary N) is 2. The van der Waals surface area contributed by atoms with Gasteiger partial charge in [-0.15, -0.1) is 0 Å². The van der Waals surface area contributed by atoms with Crippen molar-refractivity contribution in [2.75, 3.05) is 7.05 Å². The van der Waals surface area contributed by atoms with Gasteiger partial charge in [-0.1, -0.05) is 12.1 Å². The Morgan fingerprint density at radius 3 is 2.50 bits per heavy atom. The van der Waals surface area contributed by atoms with Gasteiger partial charge in [0.1, 0.15) is 0 Å². The van der Waals surface area contributed by atoms with E-state index in [4.69, 9.17) is 0 Å². The molecule has 0 bridgehead atoms. The molecule has 0 atom stereocenters. The number of carbonyl (C=O) groups excluding carboxylic acids is 2. The lowest BCUT2D eigenvalue weighted by atomic mass is 10.1. The summed E-state index contributed by atoms with van der Waals surface area (Å²) in [7, 11) is 1.53. The van der Waals surface area contributed by atoms with E-state index < -0.39 is 17.6 Å². The number of aromatic nitrogens is 3. The number of hydrogen-bond acceptors (Lipinski definition) is 4. The summed E-state index contributed by atoms with van der Waals surface area (Å²) in [5.74, 6) is -0.474. The maximum absolute atomic E-state index is 12.7. The molecule has 0 radical (unpaired) electrons. The van der Waals surface area contributed by atoms with Crippen LogP contribution in [-0.4, -0.2) is 33.6 Å². The molecule has 7 nitrogen and oxygen atoms in total. The van der Waals surface area contributed by atoms with E-state index in [1.165, 1.54) is 24.0 Å². The lowest BCUT2D eigenvalue weighted by Crippen LogP contribution is -2.24. The second-order valence-electron chi connectivity index (χ2n) is 6.42. The molecule has 156 valence electrons. The van der Waals surface area contributed by atoms with Crippen molar-refractivity contribution < 1.29 is 22.8 Å². The van der Waals surface area contributed by atoms with Crippen molar-refractivity contribution in [3.63, 3.8) is 0 Å². The zero-order chi connectivity index (χ0) is 21.9. The number of nitrogens with zero attached hydrogens (tertiary/aromatic N) is 3.